The molecular weight excluding hydrogens is 296 g/mol. The molecule has 1 saturated heterocycles. The maximum Gasteiger partial charge on any atom is 0.234 e. The average molecular weight is 328 g/mol. The van der Waals surface area contributed by atoms with Gasteiger partial charge in [-0.2, -0.15) is 0 Å². The Balaban J connectivity index is 2.22. The number of hydrogen-bond donors (Lipinski definition) is 2. The Bertz CT molecular complexity index is 380. The molecule has 0 aromatic heterocycles. The van der Waals surface area contributed by atoms with Gasteiger partial charge in [0, 0.05) is 45.4 Å². The van der Waals surface area contributed by atoms with Crippen molar-refractivity contribution in [2.75, 3.05) is 59.5 Å². The Kier molecular flexibility index (Phi) is 8.51. The minimum absolute atomic E-state index is 0.0259. The van der Waals surface area contributed by atoms with Crippen molar-refractivity contribution >= 4 is 11.8 Å². The molecule has 1 aliphatic rings. The third-order valence-corrected chi connectivity index (χ3v) is 4.19. The number of piperazine rings is 1. The standard InChI is InChI=1S/C16H32N4O3/c1-5-16(2,3)18-15(22)13-20-9-7-19(8-10-20)12-14(21)17-6-11-23-4/h5-13H2,1-4H3,(H,17,21)(H,18,22). The van der Waals surface area contributed by atoms with Gasteiger partial charge in [-0.15, -0.1) is 0 Å². The van der Waals surface area contributed by atoms with Crippen molar-refractivity contribution in [2.24, 2.45) is 0 Å². The molecule has 1 heterocycles. The Morgan fingerprint density at radius 2 is 1.57 bits per heavy atom. The Morgan fingerprint density at radius 3 is 2.04 bits per heavy atom. The van der Waals surface area contributed by atoms with Gasteiger partial charge in [0.2, 0.25) is 11.8 Å². The van der Waals surface area contributed by atoms with Crippen LogP contribution < -0.4 is 10.6 Å². The summed E-state index contributed by atoms with van der Waals surface area (Å²) in [6, 6.07) is 0. The van der Waals surface area contributed by atoms with E-state index in [0.717, 1.165) is 32.6 Å². The summed E-state index contributed by atoms with van der Waals surface area (Å²) in [5, 5.41) is 5.88. The lowest BCUT2D eigenvalue weighted by atomic mass is 10.0. The third-order valence-electron chi connectivity index (χ3n) is 4.19. The number of methoxy groups -OCH3 is 1. The van der Waals surface area contributed by atoms with E-state index in [0.29, 0.717) is 26.2 Å². The number of nitrogens with one attached hydrogen (secondary N) is 2. The normalized spacial score (nSPS) is 17.0. The lowest BCUT2D eigenvalue weighted by Gasteiger charge is -2.34. The summed E-state index contributed by atoms with van der Waals surface area (Å²) >= 11 is 0. The molecule has 0 aliphatic carbocycles. The molecule has 1 fully saturated rings. The fraction of sp³-hybridized carbons (Fsp3) is 0.875. The van der Waals surface area contributed by atoms with Crippen molar-refractivity contribution in [2.45, 2.75) is 32.7 Å². The Hall–Kier alpha value is -1.18. The lowest BCUT2D eigenvalue weighted by molar-refractivity contribution is -0.126. The van der Waals surface area contributed by atoms with Crippen LogP contribution in [0.5, 0.6) is 0 Å². The molecule has 0 saturated carbocycles. The molecule has 0 aromatic rings. The first-order valence-electron chi connectivity index (χ1n) is 8.37. The highest BCUT2D eigenvalue weighted by atomic mass is 16.5. The number of carbonyl (C=O) groups is 2. The zero-order valence-corrected chi connectivity index (χ0v) is 15.0. The fourth-order valence-electron chi connectivity index (χ4n) is 2.37. The summed E-state index contributed by atoms with van der Waals surface area (Å²) < 4.78 is 4.90. The van der Waals surface area contributed by atoms with E-state index in [4.69, 9.17) is 4.74 Å². The number of hydrogen-bond acceptors (Lipinski definition) is 5. The fourth-order valence-corrected chi connectivity index (χ4v) is 2.37. The maximum atomic E-state index is 12.0. The molecule has 134 valence electrons. The smallest absolute Gasteiger partial charge is 0.234 e. The van der Waals surface area contributed by atoms with E-state index in [1.807, 2.05) is 13.8 Å². The number of ether oxygens (including phenoxy) is 1. The van der Waals surface area contributed by atoms with Crippen LogP contribution in [0.3, 0.4) is 0 Å². The van der Waals surface area contributed by atoms with E-state index in [1.165, 1.54) is 0 Å². The van der Waals surface area contributed by atoms with Crippen LogP contribution in [-0.2, 0) is 14.3 Å². The van der Waals surface area contributed by atoms with Crippen LogP contribution in [0.25, 0.3) is 0 Å². The van der Waals surface area contributed by atoms with Gasteiger partial charge in [0.25, 0.3) is 0 Å². The van der Waals surface area contributed by atoms with Crippen LogP contribution in [0.2, 0.25) is 0 Å². The maximum absolute atomic E-state index is 12.0. The first-order chi connectivity index (χ1) is 10.9. The molecule has 2 amide bonds. The van der Waals surface area contributed by atoms with Crippen LogP contribution in [-0.4, -0.2) is 86.7 Å². The number of rotatable bonds is 9. The molecule has 0 radical (unpaired) electrons. The van der Waals surface area contributed by atoms with E-state index in [9.17, 15) is 9.59 Å². The van der Waals surface area contributed by atoms with E-state index < -0.39 is 0 Å². The number of amides is 2. The minimum Gasteiger partial charge on any atom is -0.383 e. The van der Waals surface area contributed by atoms with Gasteiger partial charge in [-0.3, -0.25) is 19.4 Å². The molecule has 1 aliphatic heterocycles. The Morgan fingerprint density at radius 1 is 1.04 bits per heavy atom. The predicted molar refractivity (Wildman–Crippen MR) is 90.3 cm³/mol. The highest BCUT2D eigenvalue weighted by Gasteiger charge is 2.23. The second-order valence-corrected chi connectivity index (χ2v) is 6.68. The average Bonchev–Trinajstić information content (AvgIpc) is 2.49. The van der Waals surface area contributed by atoms with Gasteiger partial charge >= 0.3 is 0 Å². The second kappa shape index (κ2) is 9.85. The van der Waals surface area contributed by atoms with Gasteiger partial charge in [0.1, 0.15) is 0 Å². The summed E-state index contributed by atoms with van der Waals surface area (Å²) in [6.07, 6.45) is 0.907. The molecule has 0 unspecified atom stereocenters. The summed E-state index contributed by atoms with van der Waals surface area (Å²) in [6.45, 7) is 11.3. The predicted octanol–water partition coefficient (Wildman–Crippen LogP) is -0.329. The first kappa shape index (κ1) is 19.9. The zero-order chi connectivity index (χ0) is 17.3. The molecule has 0 aromatic carbocycles. The molecule has 1 rings (SSSR count). The number of nitrogens with zero attached hydrogens (tertiary/aromatic N) is 2. The van der Waals surface area contributed by atoms with Crippen LogP contribution in [0.4, 0.5) is 0 Å². The summed E-state index contributed by atoms with van der Waals surface area (Å²) in [5.74, 6) is 0.0977. The van der Waals surface area contributed by atoms with E-state index in [-0.39, 0.29) is 17.4 Å². The molecule has 23 heavy (non-hydrogen) atoms. The topological polar surface area (TPSA) is 73.9 Å². The van der Waals surface area contributed by atoms with Gasteiger partial charge in [-0.1, -0.05) is 6.92 Å². The third kappa shape index (κ3) is 8.29. The molecule has 7 nitrogen and oxygen atoms in total. The van der Waals surface area contributed by atoms with Crippen molar-refractivity contribution in [3.8, 4) is 0 Å². The Labute approximate surface area is 139 Å². The van der Waals surface area contributed by atoms with E-state index >= 15 is 0 Å². The van der Waals surface area contributed by atoms with Crippen LogP contribution in [0.15, 0.2) is 0 Å². The SMILES string of the molecule is CCC(C)(C)NC(=O)CN1CCN(CC(=O)NCCOC)CC1. The minimum atomic E-state index is -0.154. The molecular formula is C16H32N4O3. The van der Waals surface area contributed by atoms with Crippen molar-refractivity contribution < 1.29 is 14.3 Å². The van der Waals surface area contributed by atoms with Gasteiger partial charge in [0.15, 0.2) is 0 Å². The van der Waals surface area contributed by atoms with Crippen molar-refractivity contribution in [3.05, 3.63) is 0 Å². The van der Waals surface area contributed by atoms with E-state index in [1.54, 1.807) is 7.11 Å². The van der Waals surface area contributed by atoms with Crippen molar-refractivity contribution in [1.82, 2.24) is 20.4 Å². The second-order valence-electron chi connectivity index (χ2n) is 6.68. The van der Waals surface area contributed by atoms with E-state index in [2.05, 4.69) is 27.4 Å². The molecule has 0 spiro atoms. The van der Waals surface area contributed by atoms with Gasteiger partial charge < -0.3 is 15.4 Å². The van der Waals surface area contributed by atoms with Crippen LogP contribution in [0.1, 0.15) is 27.2 Å². The quantitative estimate of drug-likeness (QED) is 0.567. The number of carbonyl (C=O) groups excluding carboxylic acids is 2. The highest BCUT2D eigenvalue weighted by Crippen LogP contribution is 2.07. The van der Waals surface area contributed by atoms with Crippen molar-refractivity contribution in [3.63, 3.8) is 0 Å². The molecule has 7 heteroatoms. The summed E-state index contributed by atoms with van der Waals surface area (Å²) in [5.41, 5.74) is -0.154. The van der Waals surface area contributed by atoms with Crippen LogP contribution >= 0.6 is 0 Å². The van der Waals surface area contributed by atoms with Gasteiger partial charge in [0.05, 0.1) is 19.7 Å². The molecule has 2 N–H and O–H groups in total. The monoisotopic (exact) mass is 328 g/mol. The van der Waals surface area contributed by atoms with Crippen molar-refractivity contribution in [1.29, 1.82) is 0 Å². The summed E-state index contributed by atoms with van der Waals surface area (Å²) in [4.78, 5) is 28.1. The largest absolute Gasteiger partial charge is 0.383 e. The lowest BCUT2D eigenvalue weighted by Crippen LogP contribution is -2.53. The first-order valence-corrected chi connectivity index (χ1v) is 8.37. The van der Waals surface area contributed by atoms with Gasteiger partial charge in [-0.05, 0) is 20.3 Å². The zero-order valence-electron chi connectivity index (χ0n) is 15.0. The van der Waals surface area contributed by atoms with Gasteiger partial charge in [-0.25, -0.2) is 0 Å². The summed E-state index contributed by atoms with van der Waals surface area (Å²) in [7, 11) is 1.61. The molecule has 0 bridgehead atoms. The highest BCUT2D eigenvalue weighted by molar-refractivity contribution is 5.79. The molecule has 0 atom stereocenters. The van der Waals surface area contributed by atoms with Crippen LogP contribution in [0, 0.1) is 0 Å².